The van der Waals surface area contributed by atoms with Gasteiger partial charge in [0.15, 0.2) is 5.13 Å². The Morgan fingerprint density at radius 1 is 1.31 bits per heavy atom. The van der Waals surface area contributed by atoms with Gasteiger partial charge < -0.3 is 10.6 Å². The van der Waals surface area contributed by atoms with Gasteiger partial charge in [-0.3, -0.25) is 14.5 Å². The molecule has 0 bridgehead atoms. The molecule has 1 spiro atoms. The number of benzene rings is 1. The molecule has 0 radical (unpaired) electrons. The van der Waals surface area contributed by atoms with Crippen molar-refractivity contribution in [1.82, 2.24) is 15.2 Å². The number of nitrogens with one attached hydrogen (secondary N) is 2. The van der Waals surface area contributed by atoms with E-state index in [1.807, 2.05) is 50.4 Å². The second-order valence-corrected chi connectivity index (χ2v) is 9.43. The first-order valence-electron chi connectivity index (χ1n) is 9.69. The summed E-state index contributed by atoms with van der Waals surface area (Å²) in [5.41, 5.74) is 1.60. The van der Waals surface area contributed by atoms with E-state index < -0.39 is 17.5 Å². The van der Waals surface area contributed by atoms with Gasteiger partial charge in [0.05, 0.1) is 5.69 Å². The summed E-state index contributed by atoms with van der Waals surface area (Å²) >= 11 is 1.33. The van der Waals surface area contributed by atoms with Crippen molar-refractivity contribution >= 4 is 34.3 Å². The first-order valence-corrected chi connectivity index (χ1v) is 10.6. The van der Waals surface area contributed by atoms with Gasteiger partial charge in [-0.05, 0) is 30.4 Å². The van der Waals surface area contributed by atoms with Crippen LogP contribution in [0.25, 0.3) is 0 Å². The second-order valence-electron chi connectivity index (χ2n) is 8.57. The van der Waals surface area contributed by atoms with Crippen molar-refractivity contribution in [2.24, 2.45) is 0 Å². The molecule has 1 aromatic carbocycles. The Morgan fingerprint density at radius 2 is 2.07 bits per heavy atom. The average molecular weight is 413 g/mol. The van der Waals surface area contributed by atoms with Crippen LogP contribution in [0.1, 0.15) is 50.4 Å². The Hall–Kier alpha value is -2.74. The van der Waals surface area contributed by atoms with Crippen LogP contribution in [0.3, 0.4) is 0 Å². The number of amides is 4. The fraction of sp³-hybridized carbons (Fsp3) is 0.429. The van der Waals surface area contributed by atoms with E-state index >= 15 is 0 Å². The van der Waals surface area contributed by atoms with Gasteiger partial charge in [-0.25, -0.2) is 9.78 Å². The summed E-state index contributed by atoms with van der Waals surface area (Å²) in [6.07, 6.45) is 2.22. The third-order valence-corrected chi connectivity index (χ3v) is 6.23. The minimum absolute atomic E-state index is 0.120. The smallest absolute Gasteiger partial charge is 0.319 e. The Morgan fingerprint density at radius 3 is 2.79 bits per heavy atom. The second kappa shape index (κ2) is 6.95. The average Bonchev–Trinajstić information content (AvgIpc) is 3.22. The molecule has 2 aliphatic rings. The number of urea groups is 1. The van der Waals surface area contributed by atoms with Crippen LogP contribution in [-0.2, 0) is 27.0 Å². The molecule has 152 valence electrons. The highest BCUT2D eigenvalue weighted by atomic mass is 32.1. The number of aryl methyl sites for hydroxylation is 1. The van der Waals surface area contributed by atoms with Crippen LogP contribution in [0, 0.1) is 0 Å². The summed E-state index contributed by atoms with van der Waals surface area (Å²) in [4.78, 5) is 43.8. The molecule has 1 atom stereocenters. The first kappa shape index (κ1) is 19.6. The minimum Gasteiger partial charge on any atom is -0.319 e. The molecule has 2 aromatic rings. The molecule has 2 N–H and O–H groups in total. The molecule has 4 amide bonds. The third kappa shape index (κ3) is 3.42. The number of anilines is 1. The molecule has 1 aliphatic carbocycles. The SMILES string of the molecule is CC(C)(C)c1csc(NC(=O)CN2C(=O)NC3(CCCc4ccccc43)C2=O)n1. The molecular formula is C21H24N4O3S. The minimum atomic E-state index is -1.06. The number of hydrogen-bond donors (Lipinski definition) is 2. The molecule has 8 heteroatoms. The lowest BCUT2D eigenvalue weighted by Gasteiger charge is -2.33. The van der Waals surface area contributed by atoms with E-state index in [1.165, 1.54) is 11.3 Å². The van der Waals surface area contributed by atoms with Crippen LogP contribution in [0.2, 0.25) is 0 Å². The Bertz CT molecular complexity index is 994. The van der Waals surface area contributed by atoms with Crippen LogP contribution in [-0.4, -0.2) is 34.3 Å². The Balaban J connectivity index is 1.51. The molecule has 0 saturated carbocycles. The summed E-state index contributed by atoms with van der Waals surface area (Å²) in [6.45, 7) is 5.80. The predicted molar refractivity (Wildman–Crippen MR) is 111 cm³/mol. The number of carbonyl (C=O) groups excluding carboxylic acids is 3. The van der Waals surface area contributed by atoms with Crippen molar-refractivity contribution in [2.45, 2.75) is 51.0 Å². The quantitative estimate of drug-likeness (QED) is 0.758. The number of thiazole rings is 1. The molecular weight excluding hydrogens is 388 g/mol. The van der Waals surface area contributed by atoms with E-state index in [4.69, 9.17) is 0 Å². The van der Waals surface area contributed by atoms with Crippen molar-refractivity contribution in [3.8, 4) is 0 Å². The predicted octanol–water partition coefficient (Wildman–Crippen LogP) is 3.16. The van der Waals surface area contributed by atoms with Crippen LogP contribution in [0.5, 0.6) is 0 Å². The highest BCUT2D eigenvalue weighted by Gasteiger charge is 2.54. The van der Waals surface area contributed by atoms with Crippen LogP contribution >= 0.6 is 11.3 Å². The zero-order valence-electron chi connectivity index (χ0n) is 16.7. The van der Waals surface area contributed by atoms with Crippen molar-refractivity contribution in [1.29, 1.82) is 0 Å². The maximum Gasteiger partial charge on any atom is 0.325 e. The molecule has 1 aromatic heterocycles. The number of nitrogens with zero attached hydrogens (tertiary/aromatic N) is 2. The molecule has 1 aliphatic heterocycles. The number of imide groups is 1. The zero-order chi connectivity index (χ0) is 20.8. The summed E-state index contributed by atoms with van der Waals surface area (Å²) in [5.74, 6) is -0.802. The van der Waals surface area contributed by atoms with E-state index in [2.05, 4.69) is 15.6 Å². The van der Waals surface area contributed by atoms with Gasteiger partial charge >= 0.3 is 6.03 Å². The number of fused-ring (bicyclic) bond motifs is 2. The number of aromatic nitrogens is 1. The lowest BCUT2D eigenvalue weighted by atomic mass is 9.76. The van der Waals surface area contributed by atoms with Gasteiger partial charge in [0.1, 0.15) is 12.1 Å². The number of carbonyl (C=O) groups is 3. The Kier molecular flexibility index (Phi) is 4.69. The van der Waals surface area contributed by atoms with Gasteiger partial charge in [-0.1, -0.05) is 45.0 Å². The third-order valence-electron chi connectivity index (χ3n) is 5.47. The summed E-state index contributed by atoms with van der Waals surface area (Å²) in [5, 5.41) is 7.93. The number of rotatable bonds is 3. The van der Waals surface area contributed by atoms with Gasteiger partial charge in [0.25, 0.3) is 5.91 Å². The fourth-order valence-electron chi connectivity index (χ4n) is 3.93. The zero-order valence-corrected chi connectivity index (χ0v) is 17.6. The topological polar surface area (TPSA) is 91.4 Å². The first-order chi connectivity index (χ1) is 13.7. The molecule has 29 heavy (non-hydrogen) atoms. The normalized spacial score (nSPS) is 21.3. The van der Waals surface area contributed by atoms with Crippen molar-refractivity contribution in [2.75, 3.05) is 11.9 Å². The fourth-order valence-corrected chi connectivity index (χ4v) is 4.89. The largest absolute Gasteiger partial charge is 0.325 e. The van der Waals surface area contributed by atoms with Crippen molar-refractivity contribution in [3.63, 3.8) is 0 Å². The summed E-state index contributed by atoms with van der Waals surface area (Å²) < 4.78 is 0. The van der Waals surface area contributed by atoms with Crippen LogP contribution in [0.4, 0.5) is 9.93 Å². The van der Waals surface area contributed by atoms with Gasteiger partial charge in [0.2, 0.25) is 5.91 Å². The maximum absolute atomic E-state index is 13.2. The molecule has 2 heterocycles. The molecule has 4 rings (SSSR count). The van der Waals surface area contributed by atoms with Gasteiger partial charge in [-0.2, -0.15) is 0 Å². The van der Waals surface area contributed by atoms with E-state index in [0.717, 1.165) is 34.6 Å². The van der Waals surface area contributed by atoms with Crippen molar-refractivity contribution in [3.05, 3.63) is 46.5 Å². The number of hydrogen-bond acceptors (Lipinski definition) is 5. The lowest BCUT2D eigenvalue weighted by Crippen LogP contribution is -2.47. The van der Waals surface area contributed by atoms with E-state index in [0.29, 0.717) is 11.6 Å². The standard InChI is InChI=1S/C21H24N4O3S/c1-20(2,3)15-12-29-18(22-15)23-16(26)11-25-17(27)21(24-19(25)28)10-6-8-13-7-4-5-9-14(13)21/h4-5,7,9,12H,6,8,10-11H2,1-3H3,(H,24,28)(H,22,23,26). The Labute approximate surface area is 173 Å². The van der Waals surface area contributed by atoms with Crippen molar-refractivity contribution < 1.29 is 14.4 Å². The van der Waals surface area contributed by atoms with E-state index in [1.54, 1.807) is 0 Å². The summed E-state index contributed by atoms with van der Waals surface area (Å²) in [6, 6.07) is 7.15. The monoisotopic (exact) mass is 412 g/mol. The molecule has 7 nitrogen and oxygen atoms in total. The molecule has 1 fully saturated rings. The van der Waals surface area contributed by atoms with E-state index in [9.17, 15) is 14.4 Å². The maximum atomic E-state index is 13.2. The van der Waals surface area contributed by atoms with E-state index in [-0.39, 0.29) is 17.9 Å². The molecule has 1 saturated heterocycles. The molecule has 1 unspecified atom stereocenters. The van der Waals surface area contributed by atoms with Gasteiger partial charge in [-0.15, -0.1) is 11.3 Å². The highest BCUT2D eigenvalue weighted by Crippen LogP contribution is 2.39. The van der Waals surface area contributed by atoms with Crippen LogP contribution < -0.4 is 10.6 Å². The summed E-state index contributed by atoms with van der Waals surface area (Å²) in [7, 11) is 0. The lowest BCUT2D eigenvalue weighted by molar-refractivity contribution is -0.134. The highest BCUT2D eigenvalue weighted by molar-refractivity contribution is 7.13. The van der Waals surface area contributed by atoms with Crippen LogP contribution in [0.15, 0.2) is 29.6 Å². The van der Waals surface area contributed by atoms with Gasteiger partial charge in [0, 0.05) is 10.8 Å².